The van der Waals surface area contributed by atoms with Crippen LogP contribution in [0.4, 0.5) is 0 Å². The van der Waals surface area contributed by atoms with Crippen LogP contribution in [0, 0.1) is 0 Å². The van der Waals surface area contributed by atoms with Crippen LogP contribution in [0.3, 0.4) is 0 Å². The molecule has 14 heteroatoms. The fraction of sp³-hybridized carbons (Fsp3) is 0.400. The molecule has 0 aromatic heterocycles. The van der Waals surface area contributed by atoms with Crippen LogP contribution in [0.15, 0.2) is 54.6 Å². The minimum Gasteiger partial charge on any atom is -0.508 e. The van der Waals surface area contributed by atoms with Crippen LogP contribution in [0.2, 0.25) is 0 Å². The Hall–Kier alpha value is -4.98. The van der Waals surface area contributed by atoms with E-state index in [1.165, 1.54) is 19.1 Å². The zero-order valence-corrected chi connectivity index (χ0v) is 24.1. The number of likely N-dealkylation sites (tertiary alicyclic amines) is 1. The molecule has 0 aliphatic carbocycles. The molecule has 14 nitrogen and oxygen atoms in total. The average Bonchev–Trinajstić information content (AvgIpc) is 3.47. The molecule has 2 aromatic rings. The van der Waals surface area contributed by atoms with Gasteiger partial charge in [0.25, 0.3) is 0 Å². The maximum absolute atomic E-state index is 13.4. The minimum absolute atomic E-state index is 0.0305. The summed E-state index contributed by atoms with van der Waals surface area (Å²) in [4.78, 5) is 76.6. The molecular formula is C30H37N5O9. The summed E-state index contributed by atoms with van der Waals surface area (Å²) in [5.74, 6) is -5.56. The van der Waals surface area contributed by atoms with Gasteiger partial charge in [0.2, 0.25) is 23.6 Å². The van der Waals surface area contributed by atoms with E-state index in [2.05, 4.69) is 16.0 Å². The fourth-order valence-electron chi connectivity index (χ4n) is 4.86. The van der Waals surface area contributed by atoms with Crippen molar-refractivity contribution in [1.82, 2.24) is 20.9 Å². The summed E-state index contributed by atoms with van der Waals surface area (Å²) in [7, 11) is 0. The number of carboxylic acid groups (broad SMARTS) is 2. The molecule has 0 saturated carbocycles. The number of amides is 4. The van der Waals surface area contributed by atoms with Crippen LogP contribution in [-0.2, 0) is 41.6 Å². The monoisotopic (exact) mass is 611 g/mol. The zero-order valence-electron chi connectivity index (χ0n) is 24.1. The highest BCUT2D eigenvalue weighted by atomic mass is 16.4. The van der Waals surface area contributed by atoms with Crippen molar-refractivity contribution in [2.24, 2.45) is 5.73 Å². The van der Waals surface area contributed by atoms with Crippen molar-refractivity contribution in [2.45, 2.75) is 69.2 Å². The Labute approximate surface area is 253 Å². The van der Waals surface area contributed by atoms with Gasteiger partial charge in [-0.05, 0) is 49.4 Å². The van der Waals surface area contributed by atoms with Gasteiger partial charge in [0.15, 0.2) is 0 Å². The Morgan fingerprint density at radius 3 is 2.09 bits per heavy atom. The molecule has 0 bridgehead atoms. The van der Waals surface area contributed by atoms with Crippen molar-refractivity contribution in [3.63, 3.8) is 0 Å². The van der Waals surface area contributed by atoms with Crippen molar-refractivity contribution < 1.29 is 44.1 Å². The molecule has 4 amide bonds. The molecule has 44 heavy (non-hydrogen) atoms. The van der Waals surface area contributed by atoms with Crippen LogP contribution in [-0.4, -0.2) is 92.5 Å². The summed E-state index contributed by atoms with van der Waals surface area (Å²) in [6.45, 7) is 1.49. The summed E-state index contributed by atoms with van der Waals surface area (Å²) in [5.41, 5.74) is 7.32. The minimum atomic E-state index is -1.51. The number of carbonyl (C=O) groups is 6. The molecule has 2 aromatic carbocycles. The molecule has 8 N–H and O–H groups in total. The van der Waals surface area contributed by atoms with Gasteiger partial charge >= 0.3 is 11.9 Å². The molecule has 1 aliphatic rings. The van der Waals surface area contributed by atoms with E-state index in [0.29, 0.717) is 17.5 Å². The van der Waals surface area contributed by atoms with E-state index in [0.717, 1.165) is 4.90 Å². The third-order valence-corrected chi connectivity index (χ3v) is 7.21. The van der Waals surface area contributed by atoms with Crippen LogP contribution in [0.25, 0.3) is 0 Å². The largest absolute Gasteiger partial charge is 0.508 e. The first kappa shape index (κ1) is 33.5. The molecule has 1 heterocycles. The number of aromatic hydroxyl groups is 1. The Balaban J connectivity index is 1.62. The Morgan fingerprint density at radius 1 is 0.864 bits per heavy atom. The van der Waals surface area contributed by atoms with E-state index in [4.69, 9.17) is 5.73 Å². The number of carboxylic acids is 2. The van der Waals surface area contributed by atoms with E-state index in [-0.39, 0.29) is 31.6 Å². The van der Waals surface area contributed by atoms with E-state index in [1.54, 1.807) is 42.5 Å². The number of phenolic OH excluding ortho intramolecular Hbond substituents is 1. The van der Waals surface area contributed by atoms with Crippen LogP contribution < -0.4 is 21.7 Å². The van der Waals surface area contributed by atoms with Crippen LogP contribution in [0.5, 0.6) is 5.75 Å². The molecule has 236 valence electrons. The highest BCUT2D eigenvalue weighted by molar-refractivity contribution is 5.96. The number of phenols is 1. The molecule has 0 radical (unpaired) electrons. The Kier molecular flexibility index (Phi) is 11.8. The summed E-state index contributed by atoms with van der Waals surface area (Å²) in [6, 6.07) is 8.64. The number of nitrogens with zero attached hydrogens (tertiary/aromatic N) is 1. The van der Waals surface area contributed by atoms with Crippen molar-refractivity contribution in [1.29, 1.82) is 0 Å². The lowest BCUT2D eigenvalue weighted by Gasteiger charge is -2.29. The lowest BCUT2D eigenvalue weighted by molar-refractivity contribution is -0.146. The fourth-order valence-corrected chi connectivity index (χ4v) is 4.86. The van der Waals surface area contributed by atoms with Gasteiger partial charge < -0.3 is 41.9 Å². The van der Waals surface area contributed by atoms with Crippen LogP contribution >= 0.6 is 0 Å². The summed E-state index contributed by atoms with van der Waals surface area (Å²) in [5, 5.41) is 35.7. The van der Waals surface area contributed by atoms with Crippen molar-refractivity contribution in [3.8, 4) is 5.75 Å². The van der Waals surface area contributed by atoms with Gasteiger partial charge in [0.05, 0.1) is 12.5 Å². The number of hydrogen-bond acceptors (Lipinski definition) is 8. The predicted octanol–water partition coefficient (Wildman–Crippen LogP) is -0.471. The van der Waals surface area contributed by atoms with Gasteiger partial charge in [0.1, 0.15) is 29.9 Å². The first-order chi connectivity index (χ1) is 20.8. The van der Waals surface area contributed by atoms with Crippen molar-refractivity contribution in [3.05, 3.63) is 65.7 Å². The first-order valence-corrected chi connectivity index (χ1v) is 14.1. The molecule has 5 atom stereocenters. The van der Waals surface area contributed by atoms with Gasteiger partial charge in [-0.3, -0.25) is 24.0 Å². The second-order valence-electron chi connectivity index (χ2n) is 10.6. The number of rotatable bonds is 14. The number of aliphatic carboxylic acids is 2. The second kappa shape index (κ2) is 15.5. The molecule has 1 fully saturated rings. The maximum Gasteiger partial charge on any atom is 0.326 e. The Bertz CT molecular complexity index is 1350. The SMILES string of the molecule is C[C@H](NC(=O)[C@@H]1CCCN1C(=O)[C@H](CC(=O)O)NC(=O)[C@@H](N)Cc1ccc(O)cc1)C(=O)N[C@@H](Cc1ccccc1)C(=O)O. The lowest BCUT2D eigenvalue weighted by Crippen LogP contribution is -2.58. The lowest BCUT2D eigenvalue weighted by atomic mass is 10.0. The third kappa shape index (κ3) is 9.52. The Morgan fingerprint density at radius 2 is 1.48 bits per heavy atom. The van der Waals surface area contributed by atoms with Crippen molar-refractivity contribution >= 4 is 35.6 Å². The van der Waals surface area contributed by atoms with E-state index >= 15 is 0 Å². The van der Waals surface area contributed by atoms with Crippen molar-refractivity contribution in [2.75, 3.05) is 6.54 Å². The zero-order chi connectivity index (χ0) is 32.4. The number of nitrogens with one attached hydrogen (secondary N) is 3. The molecule has 0 unspecified atom stereocenters. The average molecular weight is 612 g/mol. The van der Waals surface area contributed by atoms with E-state index in [9.17, 15) is 44.1 Å². The summed E-state index contributed by atoms with van der Waals surface area (Å²) >= 11 is 0. The molecule has 1 saturated heterocycles. The normalized spacial score (nSPS) is 17.0. The molecule has 1 aliphatic heterocycles. The van der Waals surface area contributed by atoms with Gasteiger partial charge in [-0.2, -0.15) is 0 Å². The van der Waals surface area contributed by atoms with Gasteiger partial charge in [-0.25, -0.2) is 4.79 Å². The molecule has 3 rings (SSSR count). The predicted molar refractivity (Wildman–Crippen MR) is 156 cm³/mol. The van der Waals surface area contributed by atoms with E-state index < -0.39 is 72.2 Å². The first-order valence-electron chi connectivity index (χ1n) is 14.1. The summed E-state index contributed by atoms with van der Waals surface area (Å²) < 4.78 is 0. The smallest absolute Gasteiger partial charge is 0.326 e. The highest BCUT2D eigenvalue weighted by Gasteiger charge is 2.39. The van der Waals surface area contributed by atoms with Gasteiger partial charge in [-0.1, -0.05) is 42.5 Å². The number of nitrogens with two attached hydrogens (primary N) is 1. The molecule has 0 spiro atoms. The topological polar surface area (TPSA) is 228 Å². The van der Waals surface area contributed by atoms with E-state index in [1.807, 2.05) is 0 Å². The summed E-state index contributed by atoms with van der Waals surface area (Å²) in [6.07, 6.45) is -0.0216. The highest BCUT2D eigenvalue weighted by Crippen LogP contribution is 2.20. The van der Waals surface area contributed by atoms with Crippen LogP contribution in [0.1, 0.15) is 37.3 Å². The number of carbonyl (C=O) groups excluding carboxylic acids is 4. The maximum atomic E-state index is 13.4. The third-order valence-electron chi connectivity index (χ3n) is 7.21. The number of benzene rings is 2. The second-order valence-corrected chi connectivity index (χ2v) is 10.6. The van der Waals surface area contributed by atoms with Gasteiger partial charge in [0, 0.05) is 13.0 Å². The molecular weight excluding hydrogens is 574 g/mol. The standard InChI is InChI=1S/C30H37N5O9/c1-17(26(39)34-23(30(43)44)15-18-6-3-2-4-7-18)32-28(41)24-8-5-13-35(24)29(42)22(16-25(37)38)33-27(40)21(31)14-19-9-11-20(36)12-10-19/h2-4,6-7,9-12,17,21-24,36H,5,8,13-16,31H2,1H3,(H,32,41)(H,33,40)(H,34,39)(H,37,38)(H,43,44)/t17-,21-,22-,23-,24-/m0/s1. The quantitative estimate of drug-likeness (QED) is 0.145. The number of hydrogen-bond donors (Lipinski definition) is 7. The van der Waals surface area contributed by atoms with Gasteiger partial charge in [-0.15, -0.1) is 0 Å².